The van der Waals surface area contributed by atoms with Crippen LogP contribution < -0.4 is 14.8 Å². The van der Waals surface area contributed by atoms with Gasteiger partial charge in [0.1, 0.15) is 5.82 Å². The van der Waals surface area contributed by atoms with E-state index in [0.29, 0.717) is 36.0 Å². The Labute approximate surface area is 188 Å². The van der Waals surface area contributed by atoms with Crippen molar-refractivity contribution in [2.75, 3.05) is 18.5 Å². The highest BCUT2D eigenvalue weighted by atomic mass is 35.5. The van der Waals surface area contributed by atoms with Crippen LogP contribution in [0.3, 0.4) is 0 Å². The van der Waals surface area contributed by atoms with Gasteiger partial charge in [-0.2, -0.15) is 4.98 Å². The van der Waals surface area contributed by atoms with Crippen molar-refractivity contribution in [1.29, 1.82) is 0 Å². The van der Waals surface area contributed by atoms with Crippen LogP contribution in [0.5, 0.6) is 11.5 Å². The quantitative estimate of drug-likeness (QED) is 0.253. The van der Waals surface area contributed by atoms with Crippen LogP contribution >= 0.6 is 11.6 Å². The number of unbranched alkanes of at least 4 members (excludes halogenated alkanes) is 2. The van der Waals surface area contributed by atoms with Crippen LogP contribution in [0, 0.1) is 12.3 Å². The van der Waals surface area contributed by atoms with E-state index in [1.165, 1.54) is 0 Å². The molecule has 2 aromatic carbocycles. The average Bonchev–Trinajstić information content (AvgIpc) is 2.74. The van der Waals surface area contributed by atoms with Gasteiger partial charge in [0.05, 0.1) is 18.7 Å². The van der Waals surface area contributed by atoms with Gasteiger partial charge in [-0.3, -0.25) is 0 Å². The third kappa shape index (κ3) is 6.48. The summed E-state index contributed by atoms with van der Waals surface area (Å²) in [6.45, 7) is 5.50. The minimum atomic E-state index is 0. The molecule has 0 bridgehead atoms. The highest BCUT2D eigenvalue weighted by Crippen LogP contribution is 2.36. The van der Waals surface area contributed by atoms with Gasteiger partial charge in [-0.15, -0.1) is 6.42 Å². The van der Waals surface area contributed by atoms with E-state index >= 15 is 0 Å². The fraction of sp³-hybridized carbons (Fsp3) is 0.333. The molecule has 0 aliphatic rings. The van der Waals surface area contributed by atoms with Gasteiger partial charge in [-0.1, -0.05) is 38.7 Å². The standard InChI is InChI=1S/C24H26ClN3O2.H2O/c1-4-7-12-29-21-15-19-20(16-22(21)30-13-8-5-2)27-24(25)28-23(19)26-18-11-9-10-17(6-3)14-18;/h3,9-11,14-16H,4-5,7-8,12-13H2,1-2H3,(H,26,27,28);1H2. The fourth-order valence-electron chi connectivity index (χ4n) is 2.91. The minimum Gasteiger partial charge on any atom is -0.490 e. The Bertz CT molecular complexity index is 1050. The number of benzene rings is 2. The first-order chi connectivity index (χ1) is 14.6. The average molecular weight is 442 g/mol. The van der Waals surface area contributed by atoms with Gasteiger partial charge in [0, 0.05) is 22.7 Å². The first-order valence-corrected chi connectivity index (χ1v) is 10.6. The predicted octanol–water partition coefficient (Wildman–Crippen LogP) is 5.54. The van der Waals surface area contributed by atoms with E-state index in [-0.39, 0.29) is 10.8 Å². The Balaban J connectivity index is 0.00000341. The maximum Gasteiger partial charge on any atom is 0.224 e. The molecule has 0 amide bonds. The van der Waals surface area contributed by atoms with Gasteiger partial charge in [0.2, 0.25) is 5.28 Å². The molecule has 3 rings (SSSR count). The summed E-state index contributed by atoms with van der Waals surface area (Å²) in [5.41, 5.74) is 2.28. The SMILES string of the molecule is C#Cc1cccc(Nc2nc(Cl)nc3cc(OCCCC)c(OCCCC)cc23)c1.O. The van der Waals surface area contributed by atoms with Crippen LogP contribution in [-0.2, 0) is 0 Å². The lowest BCUT2D eigenvalue weighted by Crippen LogP contribution is -2.04. The van der Waals surface area contributed by atoms with Crippen molar-refractivity contribution in [2.45, 2.75) is 39.5 Å². The number of terminal acetylenes is 1. The van der Waals surface area contributed by atoms with E-state index in [1.807, 2.05) is 36.4 Å². The second kappa shape index (κ2) is 12.0. The molecule has 0 aliphatic heterocycles. The lowest BCUT2D eigenvalue weighted by Gasteiger charge is -2.15. The van der Waals surface area contributed by atoms with Gasteiger partial charge in [-0.05, 0) is 48.7 Å². The van der Waals surface area contributed by atoms with Crippen molar-refractivity contribution < 1.29 is 14.9 Å². The number of hydrogen-bond acceptors (Lipinski definition) is 5. The number of halogens is 1. The van der Waals surface area contributed by atoms with E-state index in [2.05, 4.69) is 35.1 Å². The van der Waals surface area contributed by atoms with Gasteiger partial charge in [-0.25, -0.2) is 4.98 Å². The first-order valence-electron chi connectivity index (χ1n) is 10.2. The zero-order chi connectivity index (χ0) is 21.3. The summed E-state index contributed by atoms with van der Waals surface area (Å²) in [4.78, 5) is 8.77. The Morgan fingerprint density at radius 2 is 1.68 bits per heavy atom. The summed E-state index contributed by atoms with van der Waals surface area (Å²) >= 11 is 6.20. The molecule has 0 unspecified atom stereocenters. The molecule has 164 valence electrons. The highest BCUT2D eigenvalue weighted by molar-refractivity contribution is 6.28. The number of nitrogens with one attached hydrogen (secondary N) is 1. The Kier molecular flexibility index (Phi) is 9.39. The van der Waals surface area contributed by atoms with Crippen molar-refractivity contribution in [3.63, 3.8) is 0 Å². The third-order valence-electron chi connectivity index (χ3n) is 4.54. The number of hydrogen-bond donors (Lipinski definition) is 1. The molecule has 0 spiro atoms. The molecule has 0 saturated carbocycles. The molecule has 0 atom stereocenters. The molecular weight excluding hydrogens is 414 g/mol. The van der Waals surface area contributed by atoms with Gasteiger partial charge in [0.25, 0.3) is 0 Å². The zero-order valence-electron chi connectivity index (χ0n) is 17.9. The van der Waals surface area contributed by atoms with Crippen LogP contribution in [0.1, 0.15) is 45.1 Å². The highest BCUT2D eigenvalue weighted by Gasteiger charge is 2.14. The molecule has 0 fully saturated rings. The maximum absolute atomic E-state index is 6.20. The second-order valence-corrected chi connectivity index (χ2v) is 7.25. The van der Waals surface area contributed by atoms with Crippen molar-refractivity contribution in [1.82, 2.24) is 9.97 Å². The number of aromatic nitrogens is 2. The maximum atomic E-state index is 6.20. The summed E-state index contributed by atoms with van der Waals surface area (Å²) in [7, 11) is 0. The third-order valence-corrected chi connectivity index (χ3v) is 4.71. The molecule has 0 radical (unpaired) electrons. The smallest absolute Gasteiger partial charge is 0.224 e. The van der Waals surface area contributed by atoms with Gasteiger partial charge in [0.15, 0.2) is 11.5 Å². The lowest BCUT2D eigenvalue weighted by molar-refractivity contribution is 0.262. The second-order valence-electron chi connectivity index (χ2n) is 6.91. The normalized spacial score (nSPS) is 10.3. The van der Waals surface area contributed by atoms with E-state index in [9.17, 15) is 0 Å². The van der Waals surface area contributed by atoms with E-state index < -0.39 is 0 Å². The summed E-state index contributed by atoms with van der Waals surface area (Å²) in [6.07, 6.45) is 9.56. The van der Waals surface area contributed by atoms with E-state index in [1.54, 1.807) is 0 Å². The number of anilines is 2. The molecule has 7 heteroatoms. The minimum absolute atomic E-state index is 0. The topological polar surface area (TPSA) is 87.8 Å². The predicted molar refractivity (Wildman–Crippen MR) is 127 cm³/mol. The van der Waals surface area contributed by atoms with Crippen LogP contribution in [0.25, 0.3) is 10.9 Å². The summed E-state index contributed by atoms with van der Waals surface area (Å²) in [5.74, 6) is 4.57. The van der Waals surface area contributed by atoms with Crippen molar-refractivity contribution in [3.8, 4) is 23.8 Å². The van der Waals surface area contributed by atoms with Gasteiger partial charge < -0.3 is 20.3 Å². The molecule has 3 aromatic rings. The summed E-state index contributed by atoms with van der Waals surface area (Å²) in [6, 6.07) is 11.3. The molecular formula is C24H28ClN3O3. The van der Waals surface area contributed by atoms with Crippen LogP contribution in [0.4, 0.5) is 11.5 Å². The zero-order valence-corrected chi connectivity index (χ0v) is 18.6. The molecule has 31 heavy (non-hydrogen) atoms. The Hall–Kier alpha value is -3.01. The van der Waals surface area contributed by atoms with Crippen LogP contribution in [0.15, 0.2) is 36.4 Å². The van der Waals surface area contributed by atoms with Crippen LogP contribution in [-0.4, -0.2) is 28.7 Å². The largest absolute Gasteiger partial charge is 0.490 e. The fourth-order valence-corrected chi connectivity index (χ4v) is 3.08. The summed E-state index contributed by atoms with van der Waals surface area (Å²) < 4.78 is 12.0. The lowest BCUT2D eigenvalue weighted by atomic mass is 10.2. The van der Waals surface area contributed by atoms with Crippen molar-refractivity contribution >= 4 is 34.0 Å². The number of rotatable bonds is 10. The molecule has 0 aliphatic carbocycles. The molecule has 0 saturated heterocycles. The van der Waals surface area contributed by atoms with Crippen LogP contribution in [0.2, 0.25) is 5.28 Å². The molecule has 1 heterocycles. The Morgan fingerprint density at radius 1 is 1.00 bits per heavy atom. The number of nitrogens with zero attached hydrogens (tertiary/aromatic N) is 2. The first kappa shape index (κ1) is 24.3. The van der Waals surface area contributed by atoms with Crippen molar-refractivity contribution in [3.05, 3.63) is 47.2 Å². The number of fused-ring (bicyclic) bond motifs is 1. The molecule has 3 N–H and O–H groups in total. The van der Waals surface area contributed by atoms with E-state index in [4.69, 9.17) is 27.5 Å². The van der Waals surface area contributed by atoms with Gasteiger partial charge >= 0.3 is 0 Å². The molecule has 1 aromatic heterocycles. The Morgan fingerprint density at radius 3 is 2.32 bits per heavy atom. The monoisotopic (exact) mass is 441 g/mol. The molecule has 6 nitrogen and oxygen atoms in total. The van der Waals surface area contributed by atoms with E-state index in [0.717, 1.165) is 42.3 Å². The summed E-state index contributed by atoms with van der Waals surface area (Å²) in [5, 5.41) is 4.24. The number of ether oxygens (including phenoxy) is 2. The van der Waals surface area contributed by atoms with Crippen molar-refractivity contribution in [2.24, 2.45) is 0 Å².